The molecule has 0 aliphatic heterocycles. The molecule has 1 heterocycles. The predicted molar refractivity (Wildman–Crippen MR) is 70.3 cm³/mol. The third-order valence-electron chi connectivity index (χ3n) is 2.17. The Morgan fingerprint density at radius 2 is 2.39 bits per heavy atom. The molecule has 6 heteroatoms. The molecule has 1 aromatic rings. The van der Waals surface area contributed by atoms with Crippen molar-refractivity contribution in [1.82, 2.24) is 5.32 Å². The Labute approximate surface area is 109 Å². The molecular weight excluding hydrogens is 254 g/mol. The third kappa shape index (κ3) is 5.09. The normalized spacial score (nSPS) is 12.5. The molecule has 0 radical (unpaired) electrons. The molecule has 2 N–H and O–H groups in total. The first kappa shape index (κ1) is 14.4. The van der Waals surface area contributed by atoms with E-state index in [2.05, 4.69) is 5.32 Å². The first-order valence-electron chi connectivity index (χ1n) is 5.37. The van der Waals surface area contributed by atoms with Crippen molar-refractivity contribution >= 4 is 29.7 Å². The first-order valence-corrected chi connectivity index (χ1v) is 6.76. The monoisotopic (exact) mass is 269 g/mol. The van der Waals surface area contributed by atoms with Gasteiger partial charge >= 0.3 is 5.97 Å². The number of aliphatic carboxylic acids is 1. The molecule has 0 fully saturated rings. The second-order valence-corrected chi connectivity index (χ2v) is 4.52. The lowest BCUT2D eigenvalue weighted by molar-refractivity contribution is -0.141. The molecule has 0 saturated heterocycles. The van der Waals surface area contributed by atoms with E-state index >= 15 is 0 Å². The van der Waals surface area contributed by atoms with Crippen molar-refractivity contribution in [1.29, 1.82) is 0 Å². The van der Waals surface area contributed by atoms with Gasteiger partial charge in [-0.15, -0.1) is 0 Å². The van der Waals surface area contributed by atoms with Gasteiger partial charge in [0.1, 0.15) is 11.8 Å². The Morgan fingerprint density at radius 1 is 1.61 bits per heavy atom. The number of hydrogen-bond donors (Lipinski definition) is 2. The van der Waals surface area contributed by atoms with E-state index in [1.54, 1.807) is 12.1 Å². The molecule has 1 aromatic heterocycles. The van der Waals surface area contributed by atoms with Crippen molar-refractivity contribution in [2.24, 2.45) is 0 Å². The highest BCUT2D eigenvalue weighted by Gasteiger charge is 2.17. The maximum atomic E-state index is 11.5. The van der Waals surface area contributed by atoms with E-state index in [0.29, 0.717) is 17.9 Å². The third-order valence-corrected chi connectivity index (χ3v) is 2.81. The molecule has 5 nitrogen and oxygen atoms in total. The van der Waals surface area contributed by atoms with Crippen LogP contribution in [0.25, 0.3) is 6.08 Å². The minimum absolute atomic E-state index is 0.400. The summed E-state index contributed by atoms with van der Waals surface area (Å²) in [6.45, 7) is 0. The van der Waals surface area contributed by atoms with Gasteiger partial charge in [-0.25, -0.2) is 4.79 Å². The van der Waals surface area contributed by atoms with Gasteiger partial charge in [0.2, 0.25) is 5.91 Å². The molecule has 1 unspecified atom stereocenters. The van der Waals surface area contributed by atoms with Gasteiger partial charge in [0.15, 0.2) is 0 Å². The molecule has 1 atom stereocenters. The number of hydrogen-bond acceptors (Lipinski definition) is 4. The highest BCUT2D eigenvalue weighted by Crippen LogP contribution is 2.03. The van der Waals surface area contributed by atoms with Crippen molar-refractivity contribution < 1.29 is 19.1 Å². The summed E-state index contributed by atoms with van der Waals surface area (Å²) < 4.78 is 5.01. The Bertz CT molecular complexity index is 414. The van der Waals surface area contributed by atoms with Crippen molar-refractivity contribution in [2.75, 3.05) is 12.0 Å². The van der Waals surface area contributed by atoms with E-state index in [4.69, 9.17) is 9.52 Å². The minimum Gasteiger partial charge on any atom is -0.480 e. The highest BCUT2D eigenvalue weighted by atomic mass is 32.2. The number of nitrogens with one attached hydrogen (secondary N) is 1. The summed E-state index contributed by atoms with van der Waals surface area (Å²) in [5.74, 6) is -0.246. The Hall–Kier alpha value is -1.69. The van der Waals surface area contributed by atoms with Gasteiger partial charge in [-0.05, 0) is 36.6 Å². The van der Waals surface area contributed by atoms with E-state index < -0.39 is 17.9 Å². The molecule has 98 valence electrons. The number of carboxylic acid groups (broad SMARTS) is 1. The van der Waals surface area contributed by atoms with Crippen LogP contribution in [0.1, 0.15) is 12.2 Å². The maximum absolute atomic E-state index is 11.5. The molecule has 0 bridgehead atoms. The number of carbonyl (C=O) groups excluding carboxylic acids is 1. The van der Waals surface area contributed by atoms with Crippen LogP contribution in [-0.4, -0.2) is 35.0 Å². The average Bonchev–Trinajstić information content (AvgIpc) is 2.84. The Morgan fingerprint density at radius 3 is 2.94 bits per heavy atom. The SMILES string of the molecule is CSCCC(NC(=O)/C=C/c1ccco1)C(=O)O. The number of thioether (sulfide) groups is 1. The average molecular weight is 269 g/mol. The van der Waals surface area contributed by atoms with E-state index in [-0.39, 0.29) is 0 Å². The predicted octanol–water partition coefficient (Wildman–Crippen LogP) is 1.62. The van der Waals surface area contributed by atoms with Gasteiger partial charge in [-0.1, -0.05) is 0 Å². The summed E-state index contributed by atoms with van der Waals surface area (Å²) in [6, 6.07) is 2.55. The van der Waals surface area contributed by atoms with Crippen LogP contribution in [0.5, 0.6) is 0 Å². The maximum Gasteiger partial charge on any atom is 0.326 e. The molecule has 0 spiro atoms. The molecule has 0 aliphatic carbocycles. The lowest BCUT2D eigenvalue weighted by atomic mass is 10.2. The molecule has 0 aromatic carbocycles. The van der Waals surface area contributed by atoms with E-state index in [1.807, 2.05) is 6.26 Å². The van der Waals surface area contributed by atoms with Crippen LogP contribution in [-0.2, 0) is 9.59 Å². The van der Waals surface area contributed by atoms with Crippen LogP contribution in [0.2, 0.25) is 0 Å². The first-order chi connectivity index (χ1) is 8.63. The van der Waals surface area contributed by atoms with Gasteiger partial charge in [-0.3, -0.25) is 4.79 Å². The molecule has 0 saturated carbocycles. The summed E-state index contributed by atoms with van der Waals surface area (Å²) in [5, 5.41) is 11.4. The summed E-state index contributed by atoms with van der Waals surface area (Å²) in [6.07, 6.45) is 6.53. The van der Waals surface area contributed by atoms with Crippen molar-refractivity contribution in [3.8, 4) is 0 Å². The van der Waals surface area contributed by atoms with Crippen LogP contribution in [0, 0.1) is 0 Å². The molecular formula is C12H15NO4S. The summed E-state index contributed by atoms with van der Waals surface area (Å²) >= 11 is 1.54. The lowest BCUT2D eigenvalue weighted by Crippen LogP contribution is -2.40. The number of carboxylic acids is 1. The Kier molecular flexibility index (Phi) is 6.07. The second kappa shape index (κ2) is 7.60. The van der Waals surface area contributed by atoms with Crippen LogP contribution in [0.3, 0.4) is 0 Å². The topological polar surface area (TPSA) is 79.5 Å². The Balaban J connectivity index is 2.48. The van der Waals surface area contributed by atoms with Crippen LogP contribution >= 0.6 is 11.8 Å². The quantitative estimate of drug-likeness (QED) is 0.735. The molecule has 18 heavy (non-hydrogen) atoms. The van der Waals surface area contributed by atoms with Gasteiger partial charge < -0.3 is 14.8 Å². The van der Waals surface area contributed by atoms with Crippen molar-refractivity contribution in [2.45, 2.75) is 12.5 Å². The van der Waals surface area contributed by atoms with Crippen LogP contribution < -0.4 is 5.32 Å². The van der Waals surface area contributed by atoms with Gasteiger partial charge in [-0.2, -0.15) is 11.8 Å². The zero-order valence-corrected chi connectivity index (χ0v) is 10.8. The molecule has 0 aliphatic rings. The summed E-state index contributed by atoms with van der Waals surface area (Å²) in [5.41, 5.74) is 0. The summed E-state index contributed by atoms with van der Waals surface area (Å²) in [4.78, 5) is 22.4. The fraction of sp³-hybridized carbons (Fsp3) is 0.333. The largest absolute Gasteiger partial charge is 0.480 e. The van der Waals surface area contributed by atoms with E-state index in [9.17, 15) is 9.59 Å². The van der Waals surface area contributed by atoms with E-state index in [1.165, 1.54) is 30.2 Å². The fourth-order valence-electron chi connectivity index (χ4n) is 1.26. The zero-order valence-electron chi connectivity index (χ0n) is 9.96. The smallest absolute Gasteiger partial charge is 0.326 e. The number of carbonyl (C=O) groups is 2. The fourth-order valence-corrected chi connectivity index (χ4v) is 1.73. The minimum atomic E-state index is -1.02. The van der Waals surface area contributed by atoms with Gasteiger partial charge in [0.25, 0.3) is 0 Å². The second-order valence-electron chi connectivity index (χ2n) is 3.53. The molecule has 1 amide bonds. The lowest BCUT2D eigenvalue weighted by Gasteiger charge is -2.12. The number of rotatable bonds is 7. The highest BCUT2D eigenvalue weighted by molar-refractivity contribution is 7.98. The van der Waals surface area contributed by atoms with E-state index in [0.717, 1.165) is 0 Å². The van der Waals surface area contributed by atoms with Crippen LogP contribution in [0.4, 0.5) is 0 Å². The van der Waals surface area contributed by atoms with Crippen molar-refractivity contribution in [3.63, 3.8) is 0 Å². The molecule has 1 rings (SSSR count). The standard InChI is InChI=1S/C12H15NO4S/c1-18-8-6-10(12(15)16)13-11(14)5-4-9-3-2-7-17-9/h2-5,7,10H,6,8H2,1H3,(H,13,14)(H,15,16)/b5-4+. The van der Waals surface area contributed by atoms with Gasteiger partial charge in [0.05, 0.1) is 6.26 Å². The van der Waals surface area contributed by atoms with Crippen LogP contribution in [0.15, 0.2) is 28.9 Å². The summed E-state index contributed by atoms with van der Waals surface area (Å²) in [7, 11) is 0. The van der Waals surface area contributed by atoms with Gasteiger partial charge in [0, 0.05) is 6.08 Å². The zero-order chi connectivity index (χ0) is 13.4. The number of furan rings is 1. The number of amides is 1. The van der Waals surface area contributed by atoms with Crippen molar-refractivity contribution in [3.05, 3.63) is 30.2 Å².